The molecule has 0 unspecified atom stereocenters. The second-order valence-corrected chi connectivity index (χ2v) is 12.5. The Kier molecular flexibility index (Phi) is 8.35. The third kappa shape index (κ3) is 6.32. The normalized spacial score (nSPS) is 16.8. The van der Waals surface area contributed by atoms with Crippen molar-refractivity contribution in [2.24, 2.45) is 17.3 Å². The van der Waals surface area contributed by atoms with Crippen molar-refractivity contribution >= 4 is 36.4 Å². The average molecular weight is 440 g/mol. The van der Waals surface area contributed by atoms with Crippen LogP contribution in [0.25, 0.3) is 0 Å². The standard InChI is InChI=1S/C22H33NO4S2/c1-16(2)12-15-22(13-8-5-9-14-22)21(25)23-18-10-6-7-11-19(18)29(26,27)28-20(24)17(3)4/h6-7,10-11,16-17H,5,8-9,12-15H2,1-4H3,(H,23,25). The van der Waals surface area contributed by atoms with Gasteiger partial charge in [-0.3, -0.25) is 9.59 Å². The van der Waals surface area contributed by atoms with Gasteiger partial charge >= 0.3 is 0 Å². The number of amides is 1. The molecule has 0 atom stereocenters. The zero-order chi connectivity index (χ0) is 21.7. The molecule has 0 bridgehead atoms. The van der Waals surface area contributed by atoms with Crippen LogP contribution in [0.1, 0.15) is 72.6 Å². The van der Waals surface area contributed by atoms with E-state index in [0.717, 1.165) is 44.9 Å². The number of hydrogen-bond acceptors (Lipinski definition) is 5. The van der Waals surface area contributed by atoms with Crippen molar-refractivity contribution in [3.05, 3.63) is 24.3 Å². The highest BCUT2D eigenvalue weighted by Gasteiger charge is 2.39. The average Bonchev–Trinajstić information content (AvgIpc) is 2.67. The molecule has 0 saturated heterocycles. The molecule has 1 saturated carbocycles. The van der Waals surface area contributed by atoms with Gasteiger partial charge in [0.25, 0.3) is 0 Å². The van der Waals surface area contributed by atoms with Gasteiger partial charge in [-0.15, -0.1) is 0 Å². The summed E-state index contributed by atoms with van der Waals surface area (Å²) in [5.41, 5.74) is -0.184. The topological polar surface area (TPSA) is 80.3 Å². The first kappa shape index (κ1) is 23.9. The van der Waals surface area contributed by atoms with Crippen LogP contribution in [0.2, 0.25) is 0 Å². The first-order chi connectivity index (χ1) is 13.6. The third-order valence-corrected chi connectivity index (χ3v) is 9.00. The monoisotopic (exact) mass is 439 g/mol. The van der Waals surface area contributed by atoms with E-state index in [1.54, 1.807) is 32.0 Å². The predicted molar refractivity (Wildman–Crippen MR) is 119 cm³/mol. The SMILES string of the molecule is CC(C)CCC1(C(=O)Nc2ccccc2S(=O)(=O)SC(=O)C(C)C)CCCCC1. The molecule has 29 heavy (non-hydrogen) atoms. The summed E-state index contributed by atoms with van der Waals surface area (Å²) in [7, 11) is -3.57. The molecule has 1 aliphatic carbocycles. The summed E-state index contributed by atoms with van der Waals surface area (Å²) in [6, 6.07) is 6.36. The summed E-state index contributed by atoms with van der Waals surface area (Å²) < 4.78 is 25.6. The van der Waals surface area contributed by atoms with E-state index in [1.165, 1.54) is 6.07 Å². The lowest BCUT2D eigenvalue weighted by molar-refractivity contribution is -0.128. The van der Waals surface area contributed by atoms with Crippen molar-refractivity contribution in [1.29, 1.82) is 0 Å². The molecule has 0 aromatic heterocycles. The van der Waals surface area contributed by atoms with Crippen LogP contribution >= 0.6 is 10.8 Å². The van der Waals surface area contributed by atoms with Crippen LogP contribution in [-0.2, 0) is 18.5 Å². The molecule has 5 nitrogen and oxygen atoms in total. The molecule has 7 heteroatoms. The largest absolute Gasteiger partial charge is 0.324 e. The van der Waals surface area contributed by atoms with Gasteiger partial charge in [0, 0.05) is 22.1 Å². The van der Waals surface area contributed by atoms with Crippen molar-refractivity contribution in [1.82, 2.24) is 0 Å². The first-order valence-electron chi connectivity index (χ1n) is 10.5. The Balaban J connectivity index is 2.29. The maximum atomic E-state index is 13.3. The third-order valence-electron chi connectivity index (χ3n) is 5.56. The number of benzene rings is 1. The fourth-order valence-corrected chi connectivity index (χ4v) is 6.74. The van der Waals surface area contributed by atoms with Gasteiger partial charge in [0.15, 0.2) is 0 Å². The number of rotatable bonds is 8. The van der Waals surface area contributed by atoms with Crippen LogP contribution < -0.4 is 5.32 Å². The van der Waals surface area contributed by atoms with Crippen molar-refractivity contribution < 1.29 is 18.0 Å². The van der Waals surface area contributed by atoms with Crippen LogP contribution in [-0.4, -0.2) is 19.4 Å². The molecule has 1 aromatic carbocycles. The van der Waals surface area contributed by atoms with Crippen LogP contribution in [0.15, 0.2) is 29.2 Å². The molecule has 1 N–H and O–H groups in total. The van der Waals surface area contributed by atoms with Crippen molar-refractivity contribution in [3.63, 3.8) is 0 Å². The van der Waals surface area contributed by atoms with Crippen molar-refractivity contribution in [2.45, 2.75) is 77.5 Å². The van der Waals surface area contributed by atoms with E-state index in [2.05, 4.69) is 19.2 Å². The molecule has 0 radical (unpaired) electrons. The minimum atomic E-state index is -3.90. The molecule has 0 heterocycles. The van der Waals surface area contributed by atoms with Gasteiger partial charge in [-0.2, -0.15) is 0 Å². The van der Waals surface area contributed by atoms with Gasteiger partial charge < -0.3 is 5.32 Å². The fourth-order valence-electron chi connectivity index (χ4n) is 3.68. The summed E-state index contributed by atoms with van der Waals surface area (Å²) in [6.45, 7) is 7.64. The minimum absolute atomic E-state index is 0.0119. The lowest BCUT2D eigenvalue weighted by Gasteiger charge is -2.36. The predicted octanol–water partition coefficient (Wildman–Crippen LogP) is 5.62. The molecule has 1 fully saturated rings. The Labute approximate surface area is 178 Å². The molecule has 0 spiro atoms. The molecular formula is C22H33NO4S2. The summed E-state index contributed by atoms with van der Waals surface area (Å²) >= 11 is 0. The quantitative estimate of drug-likeness (QED) is 0.532. The second kappa shape index (κ2) is 10.1. The van der Waals surface area contributed by atoms with Gasteiger partial charge in [0.1, 0.15) is 4.90 Å². The van der Waals surface area contributed by atoms with E-state index in [1.807, 2.05) is 0 Å². The molecule has 0 aliphatic heterocycles. The molecule has 2 rings (SSSR count). The lowest BCUT2D eigenvalue weighted by atomic mass is 9.69. The van der Waals surface area contributed by atoms with Crippen molar-refractivity contribution in [3.8, 4) is 0 Å². The Bertz CT molecular complexity index is 825. The zero-order valence-corrected chi connectivity index (χ0v) is 19.5. The van der Waals surface area contributed by atoms with Gasteiger partial charge in [0.05, 0.1) is 5.69 Å². The van der Waals surface area contributed by atoms with E-state index >= 15 is 0 Å². The molecule has 1 amide bonds. The number of para-hydroxylation sites is 1. The Morgan fingerprint density at radius 1 is 1.07 bits per heavy atom. The summed E-state index contributed by atoms with van der Waals surface area (Å²) in [4.78, 5) is 25.3. The smallest absolute Gasteiger partial charge is 0.239 e. The highest BCUT2D eigenvalue weighted by molar-refractivity contribution is 8.77. The highest BCUT2D eigenvalue weighted by Crippen LogP contribution is 2.42. The van der Waals surface area contributed by atoms with Crippen LogP contribution in [0.3, 0.4) is 0 Å². The summed E-state index contributed by atoms with van der Waals surface area (Å²) in [6.07, 6.45) is 6.62. The van der Waals surface area contributed by atoms with Crippen LogP contribution in [0.4, 0.5) is 5.69 Å². The van der Waals surface area contributed by atoms with E-state index in [4.69, 9.17) is 0 Å². The number of carbonyl (C=O) groups is 2. The van der Waals surface area contributed by atoms with Gasteiger partial charge in [-0.05, 0) is 43.7 Å². The number of hydrogen-bond donors (Lipinski definition) is 1. The van der Waals surface area contributed by atoms with Crippen LogP contribution in [0, 0.1) is 17.3 Å². The Hall–Kier alpha value is -1.34. The molecule has 162 valence electrons. The molecule has 1 aliphatic rings. The first-order valence-corrected chi connectivity index (χ1v) is 13.3. The number of nitrogens with one attached hydrogen (secondary N) is 1. The van der Waals surface area contributed by atoms with Crippen LogP contribution in [0.5, 0.6) is 0 Å². The van der Waals surface area contributed by atoms with Gasteiger partial charge in [-0.25, -0.2) is 8.42 Å². The number of carbonyl (C=O) groups excluding carboxylic acids is 2. The van der Waals surface area contributed by atoms with E-state index in [0.29, 0.717) is 16.7 Å². The van der Waals surface area contributed by atoms with Gasteiger partial charge in [-0.1, -0.05) is 59.1 Å². The maximum absolute atomic E-state index is 13.3. The molecular weight excluding hydrogens is 406 g/mol. The minimum Gasteiger partial charge on any atom is -0.324 e. The fraction of sp³-hybridized carbons (Fsp3) is 0.636. The summed E-state index contributed by atoms with van der Waals surface area (Å²) in [5.74, 6) is 0.0199. The second-order valence-electron chi connectivity index (χ2n) is 8.73. The maximum Gasteiger partial charge on any atom is 0.239 e. The molecule has 1 aromatic rings. The summed E-state index contributed by atoms with van der Waals surface area (Å²) in [5, 5.41) is 2.50. The van der Waals surface area contributed by atoms with E-state index in [-0.39, 0.29) is 16.5 Å². The number of anilines is 1. The highest BCUT2D eigenvalue weighted by atomic mass is 33.1. The Morgan fingerprint density at radius 3 is 2.28 bits per heavy atom. The van der Waals surface area contributed by atoms with E-state index in [9.17, 15) is 18.0 Å². The lowest BCUT2D eigenvalue weighted by Crippen LogP contribution is -2.38. The Morgan fingerprint density at radius 2 is 1.69 bits per heavy atom. The van der Waals surface area contributed by atoms with Gasteiger partial charge in [0.2, 0.25) is 19.9 Å². The zero-order valence-electron chi connectivity index (χ0n) is 17.9. The van der Waals surface area contributed by atoms with Crippen molar-refractivity contribution in [2.75, 3.05) is 5.32 Å². The van der Waals surface area contributed by atoms with E-state index < -0.39 is 25.3 Å².